The van der Waals surface area contributed by atoms with Crippen molar-refractivity contribution in [2.75, 3.05) is 29.5 Å². The number of nitriles is 2. The van der Waals surface area contributed by atoms with Gasteiger partial charge in [0.25, 0.3) is 0 Å². The van der Waals surface area contributed by atoms with E-state index in [1.807, 2.05) is 36.4 Å². The van der Waals surface area contributed by atoms with Crippen molar-refractivity contribution in [3.05, 3.63) is 59.9 Å². The molecule has 0 radical (unpaired) electrons. The van der Waals surface area contributed by atoms with E-state index in [-0.39, 0.29) is 29.1 Å². The van der Waals surface area contributed by atoms with Crippen molar-refractivity contribution in [3.63, 3.8) is 0 Å². The summed E-state index contributed by atoms with van der Waals surface area (Å²) in [6.45, 7) is 0.936. The molecule has 3 aromatic rings. The predicted molar refractivity (Wildman–Crippen MR) is 155 cm³/mol. The lowest BCUT2D eigenvalue weighted by Crippen LogP contribution is -2.40. The number of anilines is 1. The Labute approximate surface area is 240 Å². The fourth-order valence-electron chi connectivity index (χ4n) is 6.18. The Balaban J connectivity index is 1.35. The molecular formula is C32H32N4O4S. The zero-order chi connectivity index (χ0) is 28.6. The Morgan fingerprint density at radius 3 is 2.27 bits per heavy atom. The van der Waals surface area contributed by atoms with E-state index >= 15 is 0 Å². The average Bonchev–Trinajstić information content (AvgIpc) is 3.63. The third kappa shape index (κ3) is 5.64. The van der Waals surface area contributed by atoms with Gasteiger partial charge in [-0.05, 0) is 62.1 Å². The topological polar surface area (TPSA) is 128 Å². The summed E-state index contributed by atoms with van der Waals surface area (Å²) in [4.78, 5) is 20.6. The SMILES string of the molecule is N#Cc1ccc(-c2nc(-c3ccc(N4CCS(=O)(=O)CC4)cc3)c([C@@H]3CCCC[C@H]3C(=O)CC3(C#N)CC3)o2)cc1. The first-order valence-corrected chi connectivity index (χ1v) is 16.1. The summed E-state index contributed by atoms with van der Waals surface area (Å²) in [5, 5.41) is 18.8. The highest BCUT2D eigenvalue weighted by atomic mass is 32.2. The van der Waals surface area contributed by atoms with Crippen LogP contribution in [0.4, 0.5) is 5.69 Å². The Kier molecular flexibility index (Phi) is 7.17. The number of carbonyl (C=O) groups excluding carboxylic acids is 1. The summed E-state index contributed by atoms with van der Waals surface area (Å²) in [5.41, 5.74) is 3.33. The van der Waals surface area contributed by atoms with Crippen molar-refractivity contribution < 1.29 is 17.6 Å². The number of ketones is 1. The van der Waals surface area contributed by atoms with Gasteiger partial charge >= 0.3 is 0 Å². The molecule has 1 aliphatic heterocycles. The largest absolute Gasteiger partial charge is 0.440 e. The Bertz CT molecular complexity index is 1630. The molecule has 9 heteroatoms. The molecule has 6 rings (SSSR count). The van der Waals surface area contributed by atoms with Gasteiger partial charge in [0.05, 0.1) is 34.6 Å². The maximum atomic E-state index is 13.6. The molecule has 41 heavy (non-hydrogen) atoms. The minimum Gasteiger partial charge on any atom is -0.440 e. The molecule has 3 aliphatic rings. The summed E-state index contributed by atoms with van der Waals surface area (Å²) in [5.74, 6) is 1.24. The number of oxazole rings is 1. The molecule has 0 unspecified atom stereocenters. The van der Waals surface area contributed by atoms with Crippen LogP contribution in [0.3, 0.4) is 0 Å². The molecule has 2 saturated carbocycles. The van der Waals surface area contributed by atoms with Crippen molar-refractivity contribution in [2.45, 2.75) is 50.9 Å². The van der Waals surface area contributed by atoms with E-state index in [0.29, 0.717) is 42.4 Å². The summed E-state index contributed by atoms with van der Waals surface area (Å²) < 4.78 is 30.3. The maximum Gasteiger partial charge on any atom is 0.226 e. The number of rotatable bonds is 7. The van der Waals surface area contributed by atoms with Crippen molar-refractivity contribution in [2.24, 2.45) is 11.3 Å². The molecule has 8 nitrogen and oxygen atoms in total. The Morgan fingerprint density at radius 1 is 0.976 bits per heavy atom. The molecule has 0 spiro atoms. The molecule has 1 saturated heterocycles. The van der Waals surface area contributed by atoms with Crippen LogP contribution in [-0.2, 0) is 14.6 Å². The number of hydrogen-bond donors (Lipinski definition) is 0. The van der Waals surface area contributed by atoms with Gasteiger partial charge < -0.3 is 9.32 Å². The lowest BCUT2D eigenvalue weighted by Gasteiger charge is -2.30. The van der Waals surface area contributed by atoms with Gasteiger partial charge in [-0.15, -0.1) is 0 Å². The number of carbonyl (C=O) groups is 1. The van der Waals surface area contributed by atoms with Gasteiger partial charge in [-0.1, -0.05) is 25.0 Å². The van der Waals surface area contributed by atoms with E-state index in [9.17, 15) is 23.7 Å². The van der Waals surface area contributed by atoms with Gasteiger partial charge in [-0.3, -0.25) is 4.79 Å². The lowest BCUT2D eigenvalue weighted by atomic mass is 9.73. The van der Waals surface area contributed by atoms with Crippen LogP contribution in [0, 0.1) is 34.0 Å². The van der Waals surface area contributed by atoms with E-state index in [1.165, 1.54) is 0 Å². The zero-order valence-electron chi connectivity index (χ0n) is 22.9. The van der Waals surface area contributed by atoms with Crippen molar-refractivity contribution >= 4 is 21.3 Å². The predicted octanol–water partition coefficient (Wildman–Crippen LogP) is 5.65. The molecule has 2 atom stereocenters. The molecular weight excluding hydrogens is 536 g/mol. The monoisotopic (exact) mass is 568 g/mol. The van der Waals surface area contributed by atoms with Crippen molar-refractivity contribution in [3.8, 4) is 34.8 Å². The first kappa shape index (κ1) is 27.2. The van der Waals surface area contributed by atoms with Crippen LogP contribution in [0.5, 0.6) is 0 Å². The fraction of sp³-hybridized carbons (Fsp3) is 0.438. The minimum atomic E-state index is -2.97. The molecule has 0 amide bonds. The van der Waals surface area contributed by atoms with Crippen molar-refractivity contribution in [1.82, 2.24) is 4.98 Å². The Hall–Kier alpha value is -3.95. The highest BCUT2D eigenvalue weighted by Gasteiger charge is 2.47. The Morgan fingerprint density at radius 2 is 1.63 bits per heavy atom. The second kappa shape index (κ2) is 10.8. The fourth-order valence-corrected chi connectivity index (χ4v) is 7.38. The highest BCUT2D eigenvalue weighted by molar-refractivity contribution is 7.91. The summed E-state index contributed by atoms with van der Waals surface area (Å²) in [6, 6.07) is 19.5. The van der Waals surface area contributed by atoms with E-state index in [4.69, 9.17) is 9.40 Å². The summed E-state index contributed by atoms with van der Waals surface area (Å²) in [7, 11) is -2.97. The standard InChI is InChI=1S/C32H32N4O4S/c33-20-22-5-7-24(8-6-22)31-35-29(23-9-11-25(12-10-23)36-15-17-41(38,39)18-16-36)30(40-31)27-4-2-1-3-26(27)28(37)19-32(21-34)13-14-32/h5-12,26-27H,1-4,13-19H2/t26-,27-/m1/s1. The average molecular weight is 569 g/mol. The van der Waals surface area contributed by atoms with Crippen LogP contribution >= 0.6 is 0 Å². The molecule has 2 aromatic carbocycles. The van der Waals surface area contributed by atoms with E-state index in [1.54, 1.807) is 12.1 Å². The normalized spacial score (nSPS) is 22.8. The van der Waals surface area contributed by atoms with Gasteiger partial charge in [0.2, 0.25) is 5.89 Å². The molecule has 3 fully saturated rings. The maximum absolute atomic E-state index is 13.6. The van der Waals surface area contributed by atoms with Gasteiger partial charge in [-0.2, -0.15) is 10.5 Å². The molecule has 0 bridgehead atoms. The second-order valence-electron chi connectivity index (χ2n) is 11.6. The number of Topliss-reactive ketones (excluding diaryl/α,β-unsaturated/α-hetero) is 1. The molecule has 210 valence electrons. The van der Waals surface area contributed by atoms with Gasteiger partial charge in [0, 0.05) is 48.2 Å². The number of hydrogen-bond acceptors (Lipinski definition) is 8. The third-order valence-corrected chi connectivity index (χ3v) is 10.5. The van der Waals surface area contributed by atoms with Crippen LogP contribution in [0.1, 0.15) is 62.2 Å². The molecule has 2 aliphatic carbocycles. The second-order valence-corrected chi connectivity index (χ2v) is 13.9. The van der Waals surface area contributed by atoms with E-state index < -0.39 is 15.3 Å². The molecule has 2 heterocycles. The van der Waals surface area contributed by atoms with Gasteiger partial charge in [-0.25, -0.2) is 13.4 Å². The lowest BCUT2D eigenvalue weighted by molar-refractivity contribution is -0.125. The first-order chi connectivity index (χ1) is 19.8. The van der Waals surface area contributed by atoms with E-state index in [2.05, 4.69) is 17.0 Å². The quantitative estimate of drug-likeness (QED) is 0.358. The first-order valence-electron chi connectivity index (χ1n) is 14.3. The van der Waals surface area contributed by atoms with Gasteiger partial charge in [0.15, 0.2) is 9.84 Å². The van der Waals surface area contributed by atoms with Crippen LogP contribution in [0.25, 0.3) is 22.7 Å². The highest BCUT2D eigenvalue weighted by Crippen LogP contribution is 2.51. The number of benzene rings is 2. The number of sulfone groups is 1. The van der Waals surface area contributed by atoms with Crippen LogP contribution in [0.15, 0.2) is 52.9 Å². The molecule has 1 aromatic heterocycles. The minimum absolute atomic E-state index is 0.132. The molecule has 0 N–H and O–H groups in total. The van der Waals surface area contributed by atoms with Crippen LogP contribution in [0.2, 0.25) is 0 Å². The van der Waals surface area contributed by atoms with Crippen molar-refractivity contribution in [1.29, 1.82) is 10.5 Å². The smallest absolute Gasteiger partial charge is 0.226 e. The zero-order valence-corrected chi connectivity index (χ0v) is 23.7. The van der Waals surface area contributed by atoms with Crippen LogP contribution < -0.4 is 4.90 Å². The summed E-state index contributed by atoms with van der Waals surface area (Å²) >= 11 is 0. The number of nitrogens with zero attached hydrogens (tertiary/aromatic N) is 4. The number of aromatic nitrogens is 1. The van der Waals surface area contributed by atoms with Gasteiger partial charge in [0.1, 0.15) is 17.2 Å². The third-order valence-electron chi connectivity index (χ3n) is 8.88. The van der Waals surface area contributed by atoms with E-state index in [0.717, 1.165) is 55.3 Å². The van der Waals surface area contributed by atoms with Crippen LogP contribution in [-0.4, -0.2) is 43.8 Å². The summed E-state index contributed by atoms with van der Waals surface area (Å²) in [6.07, 6.45) is 5.42.